The van der Waals surface area contributed by atoms with Gasteiger partial charge in [0.15, 0.2) is 0 Å². The third-order valence-corrected chi connectivity index (χ3v) is 10.8. The minimum absolute atomic E-state index is 0.308. The first-order chi connectivity index (χ1) is 20.6. The van der Waals surface area contributed by atoms with Crippen molar-refractivity contribution in [1.82, 2.24) is 14.9 Å². The molecular formula is C34H33N5O2S2. The van der Waals surface area contributed by atoms with Crippen molar-refractivity contribution >= 4 is 54.7 Å². The number of likely N-dealkylation sites (N-methyl/N-ethyl adjacent to an activating group) is 2. The van der Waals surface area contributed by atoms with Crippen molar-refractivity contribution in [2.45, 2.75) is 4.21 Å². The fourth-order valence-corrected chi connectivity index (χ4v) is 7.71. The number of benzene rings is 3. The summed E-state index contributed by atoms with van der Waals surface area (Å²) in [4.78, 5) is 12.5. The van der Waals surface area contributed by atoms with Gasteiger partial charge in [-0.3, -0.25) is 4.31 Å². The summed E-state index contributed by atoms with van der Waals surface area (Å²) in [6.45, 7) is 5.01. The van der Waals surface area contributed by atoms with Crippen LogP contribution in [0.3, 0.4) is 0 Å². The lowest BCUT2D eigenvalue weighted by atomic mass is 9.92. The molecule has 3 aromatic heterocycles. The third kappa shape index (κ3) is 5.31. The van der Waals surface area contributed by atoms with Gasteiger partial charge >= 0.3 is 0 Å². The minimum Gasteiger partial charge on any atom is -0.347 e. The van der Waals surface area contributed by atoms with Gasteiger partial charge in [0.2, 0.25) is 0 Å². The van der Waals surface area contributed by atoms with E-state index in [0.717, 1.165) is 62.1 Å². The SMILES string of the molecule is C=C(CN(C)C)N(C)c1ccc(-c2cnc3[nH]c4ccc(N(C)S(=O)(=O)c5cccs5)cc4c3c2-c2ccccc2)cc1. The van der Waals surface area contributed by atoms with Gasteiger partial charge in [-0.15, -0.1) is 11.3 Å². The highest BCUT2D eigenvalue weighted by Crippen LogP contribution is 2.42. The van der Waals surface area contributed by atoms with E-state index in [-0.39, 0.29) is 0 Å². The largest absolute Gasteiger partial charge is 0.347 e. The maximum atomic E-state index is 13.3. The Morgan fingerprint density at radius 1 is 0.884 bits per heavy atom. The summed E-state index contributed by atoms with van der Waals surface area (Å²) in [5.41, 5.74) is 8.39. The number of nitrogens with one attached hydrogen (secondary N) is 1. The van der Waals surface area contributed by atoms with Crippen molar-refractivity contribution in [2.75, 3.05) is 43.9 Å². The lowest BCUT2D eigenvalue weighted by Gasteiger charge is -2.24. The molecule has 0 radical (unpaired) electrons. The van der Waals surface area contributed by atoms with Crippen LogP contribution in [-0.2, 0) is 10.0 Å². The Hall–Kier alpha value is -4.44. The summed E-state index contributed by atoms with van der Waals surface area (Å²) in [5, 5.41) is 3.63. The van der Waals surface area contributed by atoms with E-state index in [2.05, 4.69) is 57.8 Å². The Morgan fingerprint density at radius 2 is 1.60 bits per heavy atom. The highest BCUT2D eigenvalue weighted by molar-refractivity contribution is 7.94. The van der Waals surface area contributed by atoms with Gasteiger partial charge in [-0.05, 0) is 67.0 Å². The van der Waals surface area contributed by atoms with Gasteiger partial charge in [0.05, 0.1) is 5.69 Å². The van der Waals surface area contributed by atoms with E-state index in [4.69, 9.17) is 4.98 Å². The molecule has 0 aliphatic heterocycles. The molecule has 0 amide bonds. The smallest absolute Gasteiger partial charge is 0.273 e. The molecule has 0 saturated heterocycles. The summed E-state index contributed by atoms with van der Waals surface area (Å²) in [6.07, 6.45) is 1.91. The van der Waals surface area contributed by atoms with E-state index < -0.39 is 10.0 Å². The molecule has 0 fully saturated rings. The molecule has 218 valence electrons. The van der Waals surface area contributed by atoms with Gasteiger partial charge in [-0.2, -0.15) is 0 Å². The van der Waals surface area contributed by atoms with Crippen molar-refractivity contribution in [3.05, 3.63) is 109 Å². The number of pyridine rings is 1. The quantitative estimate of drug-likeness (QED) is 0.185. The number of aromatic amines is 1. The summed E-state index contributed by atoms with van der Waals surface area (Å²) < 4.78 is 28.3. The van der Waals surface area contributed by atoms with E-state index in [1.807, 2.05) is 63.7 Å². The minimum atomic E-state index is -3.68. The van der Waals surface area contributed by atoms with Gasteiger partial charge in [-0.25, -0.2) is 13.4 Å². The van der Waals surface area contributed by atoms with Crippen LogP contribution in [0.4, 0.5) is 11.4 Å². The second-order valence-corrected chi connectivity index (χ2v) is 13.9. The van der Waals surface area contributed by atoms with Gasteiger partial charge < -0.3 is 14.8 Å². The number of aromatic nitrogens is 2. The normalized spacial score (nSPS) is 11.8. The van der Waals surface area contributed by atoms with Crippen molar-refractivity contribution < 1.29 is 8.42 Å². The molecule has 7 nitrogen and oxygen atoms in total. The van der Waals surface area contributed by atoms with Crippen LogP contribution in [0.5, 0.6) is 0 Å². The van der Waals surface area contributed by atoms with Crippen LogP contribution in [-0.4, -0.2) is 58.0 Å². The summed E-state index contributed by atoms with van der Waals surface area (Å²) in [6, 6.07) is 27.8. The molecule has 3 heterocycles. The lowest BCUT2D eigenvalue weighted by molar-refractivity contribution is 0.442. The molecule has 0 spiro atoms. The van der Waals surface area contributed by atoms with Crippen molar-refractivity contribution in [2.24, 2.45) is 0 Å². The number of sulfonamides is 1. The number of anilines is 2. The number of thiophene rings is 1. The maximum Gasteiger partial charge on any atom is 0.273 e. The first kappa shape index (κ1) is 28.7. The third-order valence-electron chi connectivity index (χ3n) is 7.68. The van der Waals surface area contributed by atoms with Gasteiger partial charge in [0, 0.05) is 65.6 Å². The number of hydrogen-bond donors (Lipinski definition) is 1. The highest BCUT2D eigenvalue weighted by atomic mass is 32.2. The zero-order valence-corrected chi connectivity index (χ0v) is 26.2. The highest BCUT2D eigenvalue weighted by Gasteiger charge is 2.24. The average Bonchev–Trinajstić information content (AvgIpc) is 3.69. The van der Waals surface area contributed by atoms with Crippen LogP contribution in [0.2, 0.25) is 0 Å². The monoisotopic (exact) mass is 607 g/mol. The standard InChI is InChI=1S/C34H33N5O2S2/c1-23(22-37(2)3)38(4)26-15-13-24(14-16-26)29-21-35-34-33(32(29)25-10-7-6-8-11-25)28-20-27(17-18-30(28)36-34)39(5)43(40,41)31-12-9-19-42-31/h6-21H,1,22H2,2-5H3,(H,35,36). The van der Waals surface area contributed by atoms with Crippen LogP contribution in [0, 0.1) is 0 Å². The Labute approximate surface area is 256 Å². The second-order valence-electron chi connectivity index (χ2n) is 10.8. The molecule has 0 atom stereocenters. The maximum absolute atomic E-state index is 13.3. The van der Waals surface area contributed by atoms with Crippen LogP contribution in [0.25, 0.3) is 44.2 Å². The fourth-order valence-electron chi connectivity index (χ4n) is 5.37. The average molecular weight is 608 g/mol. The summed E-state index contributed by atoms with van der Waals surface area (Å²) >= 11 is 1.21. The topological polar surface area (TPSA) is 72.5 Å². The van der Waals surface area contributed by atoms with Crippen molar-refractivity contribution in [1.29, 1.82) is 0 Å². The Balaban J connectivity index is 1.51. The van der Waals surface area contributed by atoms with Crippen LogP contribution in [0.15, 0.2) is 113 Å². The molecule has 6 rings (SSSR count). The fraction of sp³-hybridized carbons (Fsp3) is 0.147. The molecule has 0 aliphatic rings. The van der Waals surface area contributed by atoms with Crippen molar-refractivity contribution in [3.63, 3.8) is 0 Å². The van der Waals surface area contributed by atoms with E-state index in [0.29, 0.717) is 9.90 Å². The Morgan fingerprint density at radius 3 is 2.28 bits per heavy atom. The van der Waals surface area contributed by atoms with E-state index in [1.54, 1.807) is 24.6 Å². The number of nitrogens with zero attached hydrogens (tertiary/aromatic N) is 4. The van der Waals surface area contributed by atoms with Crippen molar-refractivity contribution in [3.8, 4) is 22.3 Å². The molecule has 6 aromatic rings. The van der Waals surface area contributed by atoms with Crippen LogP contribution in [0.1, 0.15) is 0 Å². The molecule has 9 heteroatoms. The molecule has 0 unspecified atom stereocenters. The number of H-pyrrole nitrogens is 1. The Kier molecular flexibility index (Phi) is 7.56. The molecule has 1 N–H and O–H groups in total. The number of hydrogen-bond acceptors (Lipinski definition) is 6. The summed E-state index contributed by atoms with van der Waals surface area (Å²) in [5.74, 6) is 0. The van der Waals surface area contributed by atoms with E-state index >= 15 is 0 Å². The molecule has 0 bridgehead atoms. The predicted octanol–water partition coefficient (Wildman–Crippen LogP) is 7.45. The van der Waals surface area contributed by atoms with E-state index in [9.17, 15) is 8.42 Å². The van der Waals surface area contributed by atoms with Crippen LogP contribution >= 0.6 is 11.3 Å². The van der Waals surface area contributed by atoms with Gasteiger partial charge in [0.1, 0.15) is 9.86 Å². The lowest BCUT2D eigenvalue weighted by Crippen LogP contribution is -2.25. The van der Waals surface area contributed by atoms with Gasteiger partial charge in [-0.1, -0.05) is 55.1 Å². The molecule has 0 aliphatic carbocycles. The zero-order valence-electron chi connectivity index (χ0n) is 24.6. The molecule has 43 heavy (non-hydrogen) atoms. The number of fused-ring (bicyclic) bond motifs is 3. The van der Waals surface area contributed by atoms with Crippen LogP contribution < -0.4 is 9.21 Å². The first-order valence-electron chi connectivity index (χ1n) is 13.8. The predicted molar refractivity (Wildman–Crippen MR) is 180 cm³/mol. The Bertz CT molecular complexity index is 2030. The summed E-state index contributed by atoms with van der Waals surface area (Å²) in [7, 11) is 4.01. The molecule has 3 aromatic carbocycles. The first-order valence-corrected chi connectivity index (χ1v) is 16.2. The van der Waals surface area contributed by atoms with Gasteiger partial charge in [0.25, 0.3) is 10.0 Å². The molecule has 0 saturated carbocycles. The zero-order chi connectivity index (χ0) is 30.3. The molecular weight excluding hydrogens is 575 g/mol. The number of rotatable bonds is 9. The second kappa shape index (κ2) is 11.3. The van der Waals surface area contributed by atoms with E-state index in [1.165, 1.54) is 15.6 Å².